The number of likely N-dealkylation sites (N-methyl/N-ethyl adjacent to an activating group) is 1. The molecule has 0 spiro atoms. The van der Waals surface area contributed by atoms with Gasteiger partial charge in [-0.2, -0.15) is 0 Å². The van der Waals surface area contributed by atoms with E-state index in [1.165, 1.54) is 24.8 Å². The molecule has 1 heteroatoms. The molecule has 2 rings (SSSR count). The van der Waals surface area contributed by atoms with Gasteiger partial charge in [-0.25, -0.2) is 0 Å². The molecular weight excluding hydrogens is 182 g/mol. The average Bonchev–Trinajstić information content (AvgIpc) is 2.81. The SMILES string of the molecule is CC.CN[C@@H]1CCCC1c1ccccc1. The lowest BCUT2D eigenvalue weighted by molar-refractivity contribution is 0.522. The molecule has 0 bridgehead atoms. The third-order valence-electron chi connectivity index (χ3n) is 3.11. The molecular formula is C14H23N. The summed E-state index contributed by atoms with van der Waals surface area (Å²) in [7, 11) is 2.08. The van der Waals surface area contributed by atoms with E-state index in [0.717, 1.165) is 5.92 Å². The zero-order valence-electron chi connectivity index (χ0n) is 10.2. The summed E-state index contributed by atoms with van der Waals surface area (Å²) >= 11 is 0. The number of hydrogen-bond donors (Lipinski definition) is 1. The van der Waals surface area contributed by atoms with Crippen LogP contribution in [-0.2, 0) is 0 Å². The molecule has 1 aliphatic carbocycles. The maximum atomic E-state index is 3.41. The molecule has 0 radical (unpaired) electrons. The van der Waals surface area contributed by atoms with Crippen molar-refractivity contribution in [3.63, 3.8) is 0 Å². The Balaban J connectivity index is 0.000000531. The molecule has 1 fully saturated rings. The quantitative estimate of drug-likeness (QED) is 0.778. The zero-order chi connectivity index (χ0) is 11.1. The van der Waals surface area contributed by atoms with Crippen LogP contribution in [0.15, 0.2) is 30.3 Å². The van der Waals surface area contributed by atoms with Crippen molar-refractivity contribution in [3.05, 3.63) is 35.9 Å². The number of nitrogens with one attached hydrogen (secondary N) is 1. The van der Waals surface area contributed by atoms with E-state index in [9.17, 15) is 0 Å². The van der Waals surface area contributed by atoms with Gasteiger partial charge in [0.2, 0.25) is 0 Å². The first-order valence-corrected chi connectivity index (χ1v) is 6.14. The summed E-state index contributed by atoms with van der Waals surface area (Å²) in [6.45, 7) is 4.00. The Morgan fingerprint density at radius 2 is 1.73 bits per heavy atom. The van der Waals surface area contributed by atoms with Crippen molar-refractivity contribution in [1.82, 2.24) is 5.32 Å². The topological polar surface area (TPSA) is 12.0 Å². The summed E-state index contributed by atoms with van der Waals surface area (Å²) in [6.07, 6.45) is 4.04. The second-order valence-corrected chi connectivity index (χ2v) is 3.84. The lowest BCUT2D eigenvalue weighted by atomic mass is 9.94. The van der Waals surface area contributed by atoms with Crippen LogP contribution in [-0.4, -0.2) is 13.1 Å². The number of hydrogen-bond acceptors (Lipinski definition) is 1. The van der Waals surface area contributed by atoms with E-state index in [4.69, 9.17) is 0 Å². The largest absolute Gasteiger partial charge is 0.316 e. The highest BCUT2D eigenvalue weighted by Gasteiger charge is 2.26. The van der Waals surface area contributed by atoms with Crippen LogP contribution < -0.4 is 5.32 Å². The Kier molecular flexibility index (Phi) is 5.41. The fourth-order valence-corrected chi connectivity index (χ4v) is 2.40. The summed E-state index contributed by atoms with van der Waals surface area (Å²) in [5.41, 5.74) is 1.50. The molecule has 0 amide bonds. The Labute approximate surface area is 93.9 Å². The second-order valence-electron chi connectivity index (χ2n) is 3.84. The highest BCUT2D eigenvalue weighted by atomic mass is 14.9. The molecule has 0 saturated heterocycles. The van der Waals surface area contributed by atoms with E-state index in [-0.39, 0.29) is 0 Å². The van der Waals surface area contributed by atoms with E-state index in [0.29, 0.717) is 6.04 Å². The Morgan fingerprint density at radius 1 is 1.07 bits per heavy atom. The number of benzene rings is 1. The maximum Gasteiger partial charge on any atom is 0.0133 e. The molecule has 1 aliphatic rings. The van der Waals surface area contributed by atoms with Crippen LogP contribution in [0.1, 0.15) is 44.6 Å². The molecule has 15 heavy (non-hydrogen) atoms. The molecule has 2 atom stereocenters. The van der Waals surface area contributed by atoms with Gasteiger partial charge in [0.15, 0.2) is 0 Å². The van der Waals surface area contributed by atoms with Crippen LogP contribution in [0.4, 0.5) is 0 Å². The standard InChI is InChI=1S/C12H17N.C2H6/c1-13-12-9-5-8-11(12)10-6-3-2-4-7-10;1-2/h2-4,6-7,11-13H,5,8-9H2,1H3;1-2H3/t11?,12-;/m1./s1. The van der Waals surface area contributed by atoms with Crippen molar-refractivity contribution >= 4 is 0 Å². The normalized spacial score (nSPS) is 24.5. The van der Waals surface area contributed by atoms with Gasteiger partial charge < -0.3 is 5.32 Å². The molecule has 84 valence electrons. The van der Waals surface area contributed by atoms with Crippen molar-refractivity contribution in [2.24, 2.45) is 0 Å². The van der Waals surface area contributed by atoms with Gasteiger partial charge in [-0.1, -0.05) is 50.6 Å². The van der Waals surface area contributed by atoms with Crippen LogP contribution in [0.2, 0.25) is 0 Å². The summed E-state index contributed by atoms with van der Waals surface area (Å²) in [6, 6.07) is 11.6. The number of rotatable bonds is 2. The molecule has 1 saturated carbocycles. The van der Waals surface area contributed by atoms with Gasteiger partial charge in [0.05, 0.1) is 0 Å². The van der Waals surface area contributed by atoms with E-state index in [2.05, 4.69) is 42.7 Å². The Morgan fingerprint density at radius 3 is 2.33 bits per heavy atom. The van der Waals surface area contributed by atoms with Crippen molar-refractivity contribution in [2.45, 2.75) is 45.1 Å². The van der Waals surface area contributed by atoms with Crippen molar-refractivity contribution in [1.29, 1.82) is 0 Å². The minimum atomic E-state index is 0.697. The summed E-state index contributed by atoms with van der Waals surface area (Å²) in [5.74, 6) is 0.742. The first-order chi connectivity index (χ1) is 7.42. The second kappa shape index (κ2) is 6.62. The van der Waals surface area contributed by atoms with Crippen LogP contribution in [0.25, 0.3) is 0 Å². The van der Waals surface area contributed by atoms with Crippen molar-refractivity contribution in [2.75, 3.05) is 7.05 Å². The molecule has 0 aromatic heterocycles. The molecule has 1 unspecified atom stereocenters. The summed E-state index contributed by atoms with van der Waals surface area (Å²) in [5, 5.41) is 3.41. The van der Waals surface area contributed by atoms with Gasteiger partial charge in [0, 0.05) is 6.04 Å². The van der Waals surface area contributed by atoms with Crippen LogP contribution in [0, 0.1) is 0 Å². The van der Waals surface area contributed by atoms with Crippen molar-refractivity contribution < 1.29 is 0 Å². The van der Waals surface area contributed by atoms with Gasteiger partial charge in [0.1, 0.15) is 0 Å². The van der Waals surface area contributed by atoms with E-state index in [1.54, 1.807) is 0 Å². The smallest absolute Gasteiger partial charge is 0.0133 e. The first-order valence-electron chi connectivity index (χ1n) is 6.14. The predicted octanol–water partition coefficient (Wildman–Crippen LogP) is 3.57. The maximum absolute atomic E-state index is 3.41. The molecule has 1 nitrogen and oxygen atoms in total. The minimum Gasteiger partial charge on any atom is -0.316 e. The van der Waals surface area contributed by atoms with Crippen molar-refractivity contribution in [3.8, 4) is 0 Å². The Hall–Kier alpha value is -0.820. The third kappa shape index (κ3) is 3.07. The van der Waals surface area contributed by atoms with Gasteiger partial charge in [0.25, 0.3) is 0 Å². The summed E-state index contributed by atoms with van der Waals surface area (Å²) in [4.78, 5) is 0. The third-order valence-corrected chi connectivity index (χ3v) is 3.11. The summed E-state index contributed by atoms with van der Waals surface area (Å²) < 4.78 is 0. The highest BCUT2D eigenvalue weighted by Crippen LogP contribution is 2.33. The zero-order valence-corrected chi connectivity index (χ0v) is 10.2. The van der Waals surface area contributed by atoms with Gasteiger partial charge in [-0.05, 0) is 31.4 Å². The fraction of sp³-hybridized carbons (Fsp3) is 0.571. The van der Waals surface area contributed by atoms with E-state index < -0.39 is 0 Å². The molecule has 1 N–H and O–H groups in total. The highest BCUT2D eigenvalue weighted by molar-refractivity contribution is 5.22. The van der Waals surface area contributed by atoms with Crippen LogP contribution >= 0.6 is 0 Å². The Bertz CT molecular complexity index is 255. The molecule has 1 aromatic rings. The van der Waals surface area contributed by atoms with Gasteiger partial charge >= 0.3 is 0 Å². The minimum absolute atomic E-state index is 0.697. The van der Waals surface area contributed by atoms with Gasteiger partial charge in [-0.15, -0.1) is 0 Å². The van der Waals surface area contributed by atoms with Crippen LogP contribution in [0.3, 0.4) is 0 Å². The van der Waals surface area contributed by atoms with E-state index >= 15 is 0 Å². The average molecular weight is 205 g/mol. The van der Waals surface area contributed by atoms with Crippen LogP contribution in [0.5, 0.6) is 0 Å². The lowest BCUT2D eigenvalue weighted by Gasteiger charge is -2.18. The first kappa shape index (κ1) is 12.3. The molecule has 0 heterocycles. The predicted molar refractivity (Wildman–Crippen MR) is 67.2 cm³/mol. The fourth-order valence-electron chi connectivity index (χ4n) is 2.40. The van der Waals surface area contributed by atoms with E-state index in [1.807, 2.05) is 13.8 Å². The molecule has 0 aliphatic heterocycles. The molecule has 1 aromatic carbocycles. The monoisotopic (exact) mass is 205 g/mol. The lowest BCUT2D eigenvalue weighted by Crippen LogP contribution is -2.27. The van der Waals surface area contributed by atoms with Gasteiger partial charge in [-0.3, -0.25) is 0 Å².